The molecule has 4 fully saturated rings. The number of ether oxygens (including phenoxy) is 1. The second-order valence-electron chi connectivity index (χ2n) is 11.0. The largest absolute Gasteiger partial charge is 0.461 e. The van der Waals surface area contributed by atoms with Crippen LogP contribution in [0.1, 0.15) is 81.2 Å². The van der Waals surface area contributed by atoms with Crippen molar-refractivity contribution in [3.8, 4) is 0 Å². The maximum absolute atomic E-state index is 13.6. The van der Waals surface area contributed by atoms with Crippen molar-refractivity contribution in [2.75, 3.05) is 6.61 Å². The van der Waals surface area contributed by atoms with Crippen molar-refractivity contribution in [3.05, 3.63) is 52.5 Å². The summed E-state index contributed by atoms with van der Waals surface area (Å²) >= 11 is 0. The maximum atomic E-state index is 13.6. The van der Waals surface area contributed by atoms with Gasteiger partial charge < -0.3 is 9.30 Å². The molecule has 2 saturated heterocycles. The molecule has 0 radical (unpaired) electrons. The molecule has 2 unspecified atom stereocenters. The maximum Gasteiger partial charge on any atom is 0.362 e. The van der Waals surface area contributed by atoms with E-state index in [1.165, 1.54) is 44.1 Å². The van der Waals surface area contributed by atoms with Crippen LogP contribution in [0.4, 0.5) is 0 Å². The number of piperidine rings is 1. The number of rotatable bonds is 4. The molecule has 1 aromatic carbocycles. The zero-order valence-electron chi connectivity index (χ0n) is 20.1. The lowest BCUT2D eigenvalue weighted by atomic mass is 9.69. The van der Waals surface area contributed by atoms with Gasteiger partial charge in [0.2, 0.25) is 5.69 Å². The number of aromatic nitrogens is 2. The first-order valence-electron chi connectivity index (χ1n) is 13.2. The van der Waals surface area contributed by atoms with Crippen molar-refractivity contribution >= 4 is 17.0 Å². The lowest BCUT2D eigenvalue weighted by Gasteiger charge is -2.49. The Morgan fingerprint density at radius 2 is 1.82 bits per heavy atom. The van der Waals surface area contributed by atoms with Gasteiger partial charge in [-0.3, -0.25) is 9.69 Å². The Hall–Kier alpha value is -2.47. The molecule has 6 rings (SSSR count). The number of carbonyl (C=O) groups excluding carboxylic acids is 1. The van der Waals surface area contributed by atoms with Gasteiger partial charge in [0.25, 0.3) is 5.56 Å². The third-order valence-corrected chi connectivity index (χ3v) is 8.94. The fourth-order valence-electron chi connectivity index (χ4n) is 7.72. The van der Waals surface area contributed by atoms with Gasteiger partial charge in [0.05, 0.1) is 17.6 Å². The van der Waals surface area contributed by atoms with Crippen LogP contribution in [0.25, 0.3) is 11.0 Å². The highest BCUT2D eigenvalue weighted by atomic mass is 16.5. The van der Waals surface area contributed by atoms with Crippen molar-refractivity contribution in [1.82, 2.24) is 14.5 Å². The molecule has 3 heterocycles. The van der Waals surface area contributed by atoms with E-state index >= 15 is 0 Å². The molecule has 2 aliphatic heterocycles. The minimum atomic E-state index is -0.634. The minimum Gasteiger partial charge on any atom is -0.461 e. The Morgan fingerprint density at radius 3 is 2.56 bits per heavy atom. The van der Waals surface area contributed by atoms with Gasteiger partial charge in [-0.15, -0.1) is 0 Å². The molecule has 0 amide bonds. The van der Waals surface area contributed by atoms with Crippen LogP contribution in [-0.4, -0.2) is 45.2 Å². The minimum absolute atomic E-state index is 0.0298. The molecule has 1 aromatic heterocycles. The van der Waals surface area contributed by atoms with E-state index in [0.29, 0.717) is 23.6 Å². The number of hydrogen-bond donors (Lipinski definition) is 0. The van der Waals surface area contributed by atoms with Crippen molar-refractivity contribution < 1.29 is 9.53 Å². The monoisotopic (exact) mass is 461 g/mol. The molecule has 4 aliphatic rings. The van der Waals surface area contributed by atoms with Crippen molar-refractivity contribution in [2.24, 2.45) is 11.8 Å². The molecule has 180 valence electrons. The van der Waals surface area contributed by atoms with Crippen LogP contribution in [-0.2, 0) is 4.74 Å². The Balaban J connectivity index is 1.35. The van der Waals surface area contributed by atoms with E-state index in [1.54, 1.807) is 6.92 Å². The molecular weight excluding hydrogens is 426 g/mol. The van der Waals surface area contributed by atoms with Crippen LogP contribution in [0, 0.1) is 11.8 Å². The summed E-state index contributed by atoms with van der Waals surface area (Å²) in [6, 6.07) is 9.08. The van der Waals surface area contributed by atoms with Gasteiger partial charge in [0.15, 0.2) is 0 Å². The normalized spacial score (nSPS) is 33.3. The predicted molar refractivity (Wildman–Crippen MR) is 132 cm³/mol. The van der Waals surface area contributed by atoms with Crippen molar-refractivity contribution in [2.45, 2.75) is 88.9 Å². The van der Waals surface area contributed by atoms with Crippen LogP contribution in [0.15, 0.2) is 41.2 Å². The lowest BCUT2D eigenvalue weighted by Crippen LogP contribution is -2.53. The van der Waals surface area contributed by atoms with Crippen LogP contribution >= 0.6 is 0 Å². The number of benzene rings is 1. The number of fused-ring (bicyclic) bond motifs is 5. The Morgan fingerprint density at radius 1 is 1.06 bits per heavy atom. The lowest BCUT2D eigenvalue weighted by molar-refractivity contribution is 0.0117. The quantitative estimate of drug-likeness (QED) is 0.480. The Labute approximate surface area is 201 Å². The van der Waals surface area contributed by atoms with Crippen LogP contribution in [0.3, 0.4) is 0 Å². The number of para-hydroxylation sites is 2. The van der Waals surface area contributed by atoms with Gasteiger partial charge in [-0.25, -0.2) is 9.78 Å². The molecule has 5 atom stereocenters. The summed E-state index contributed by atoms with van der Waals surface area (Å²) in [5.74, 6) is 1.15. The van der Waals surface area contributed by atoms with E-state index in [2.05, 4.69) is 16.5 Å². The van der Waals surface area contributed by atoms with Crippen LogP contribution < -0.4 is 5.56 Å². The number of nitrogens with zero attached hydrogens (tertiary/aromatic N) is 3. The van der Waals surface area contributed by atoms with Crippen LogP contribution in [0.2, 0.25) is 0 Å². The van der Waals surface area contributed by atoms with Gasteiger partial charge >= 0.3 is 5.97 Å². The summed E-state index contributed by atoms with van der Waals surface area (Å²) in [6.45, 7) is 6.45. The Kier molecular flexibility index (Phi) is 5.59. The third-order valence-electron chi connectivity index (χ3n) is 8.94. The van der Waals surface area contributed by atoms with E-state index in [9.17, 15) is 9.59 Å². The number of esters is 1. The summed E-state index contributed by atoms with van der Waals surface area (Å²) in [6.07, 6.45) is 11.1. The molecule has 0 N–H and O–H groups in total. The summed E-state index contributed by atoms with van der Waals surface area (Å²) in [7, 11) is 0. The van der Waals surface area contributed by atoms with E-state index in [4.69, 9.17) is 4.74 Å². The predicted octanol–water partition coefficient (Wildman–Crippen LogP) is 4.88. The first-order valence-corrected chi connectivity index (χ1v) is 13.2. The SMILES string of the molecule is C=C1C[C@H]2C[C@@H](n3c(=O)c(C(=O)OCC)nc4ccccc43)C[C@@H]1N2C1CC2CCCC(C2)C1. The number of carbonyl (C=O) groups is 1. The molecular formula is C28H35N3O3. The highest BCUT2D eigenvalue weighted by Crippen LogP contribution is 2.49. The highest BCUT2D eigenvalue weighted by Gasteiger charge is 2.48. The number of hydrogen-bond acceptors (Lipinski definition) is 5. The zero-order valence-corrected chi connectivity index (χ0v) is 20.1. The van der Waals surface area contributed by atoms with Crippen molar-refractivity contribution in [1.29, 1.82) is 0 Å². The molecule has 2 aromatic rings. The van der Waals surface area contributed by atoms with E-state index in [-0.39, 0.29) is 23.9 Å². The topological polar surface area (TPSA) is 64.4 Å². The van der Waals surface area contributed by atoms with E-state index < -0.39 is 5.97 Å². The molecule has 6 heteroatoms. The average Bonchev–Trinajstić information content (AvgIpc) is 3.02. The highest BCUT2D eigenvalue weighted by molar-refractivity contribution is 5.89. The summed E-state index contributed by atoms with van der Waals surface area (Å²) in [4.78, 5) is 33.4. The van der Waals surface area contributed by atoms with Gasteiger partial charge in [-0.05, 0) is 69.4 Å². The molecule has 2 saturated carbocycles. The van der Waals surface area contributed by atoms with Crippen molar-refractivity contribution in [3.63, 3.8) is 0 Å². The third kappa shape index (κ3) is 3.62. The molecule has 4 bridgehead atoms. The summed E-state index contributed by atoms with van der Waals surface area (Å²) in [5, 5.41) is 0. The van der Waals surface area contributed by atoms with Gasteiger partial charge in [0.1, 0.15) is 0 Å². The zero-order chi connectivity index (χ0) is 23.4. The fourth-order valence-corrected chi connectivity index (χ4v) is 7.72. The first kappa shape index (κ1) is 22.0. The van der Waals surface area contributed by atoms with Crippen LogP contribution in [0.5, 0.6) is 0 Å². The van der Waals surface area contributed by atoms with Gasteiger partial charge in [-0.1, -0.05) is 43.5 Å². The molecule has 34 heavy (non-hydrogen) atoms. The summed E-state index contributed by atoms with van der Waals surface area (Å²) < 4.78 is 7.01. The molecule has 6 nitrogen and oxygen atoms in total. The fraction of sp³-hybridized carbons (Fsp3) is 0.607. The average molecular weight is 462 g/mol. The second kappa shape index (κ2) is 8.63. The summed E-state index contributed by atoms with van der Waals surface area (Å²) in [5.41, 5.74) is 2.36. The van der Waals surface area contributed by atoms with E-state index in [1.807, 2.05) is 28.8 Å². The smallest absolute Gasteiger partial charge is 0.362 e. The standard InChI is InChI=1S/C28H35N3O3/c1-3-34-28(33)26-27(32)31(24-10-5-4-9-23(24)29-26)22-15-20-11-17(2)25(16-22)30(20)21-13-18-7-6-8-19(12-18)14-21/h4-5,9-10,18-22,25H,2-3,6-8,11-16H2,1H3/t18?,19?,20-,21?,22+,25-/m0/s1. The Bertz CT molecular complexity index is 1180. The van der Waals surface area contributed by atoms with Gasteiger partial charge in [-0.2, -0.15) is 0 Å². The second-order valence-corrected chi connectivity index (χ2v) is 11.0. The molecule has 2 aliphatic carbocycles. The van der Waals surface area contributed by atoms with Gasteiger partial charge in [0, 0.05) is 24.2 Å². The van der Waals surface area contributed by atoms with E-state index in [0.717, 1.165) is 36.6 Å². The first-order chi connectivity index (χ1) is 16.5. The molecule has 0 spiro atoms.